The van der Waals surface area contributed by atoms with Crippen LogP contribution in [0.5, 0.6) is 0 Å². The minimum absolute atomic E-state index is 0.0275. The van der Waals surface area contributed by atoms with Crippen molar-refractivity contribution in [2.24, 2.45) is 0 Å². The van der Waals surface area contributed by atoms with E-state index in [9.17, 15) is 5.11 Å². The van der Waals surface area contributed by atoms with Crippen LogP contribution in [-0.2, 0) is 4.74 Å². The molecule has 20 heavy (non-hydrogen) atoms. The van der Waals surface area contributed by atoms with Crippen molar-refractivity contribution in [2.45, 2.75) is 18.6 Å². The summed E-state index contributed by atoms with van der Waals surface area (Å²) in [4.78, 5) is 2.37. The molecule has 2 N–H and O–H groups in total. The molecule has 0 saturated carbocycles. The molecule has 1 heterocycles. The third kappa shape index (κ3) is 4.27. The number of aliphatic hydroxyl groups excluding tert-OH is 1. The second-order valence-electron chi connectivity index (χ2n) is 5.13. The molecule has 2 unspecified atom stereocenters. The first-order chi connectivity index (χ1) is 9.74. The van der Waals surface area contributed by atoms with E-state index in [1.807, 2.05) is 13.1 Å². The van der Waals surface area contributed by atoms with E-state index in [-0.39, 0.29) is 12.7 Å². The molecule has 1 aliphatic rings. The summed E-state index contributed by atoms with van der Waals surface area (Å²) in [6, 6.07) is 8.67. The largest absolute Gasteiger partial charge is 0.394 e. The van der Waals surface area contributed by atoms with Gasteiger partial charge in [-0.25, -0.2) is 0 Å². The summed E-state index contributed by atoms with van der Waals surface area (Å²) in [7, 11) is 2.00. The van der Waals surface area contributed by atoms with Crippen LogP contribution in [-0.4, -0.2) is 56.0 Å². The second kappa shape index (κ2) is 8.10. The Labute approximate surface area is 129 Å². The van der Waals surface area contributed by atoms with Crippen LogP contribution in [0.1, 0.15) is 18.0 Å². The number of nitrogens with one attached hydrogen (secondary N) is 1. The number of benzene rings is 1. The van der Waals surface area contributed by atoms with Crippen LogP contribution >= 0.6 is 15.9 Å². The first-order valence-corrected chi connectivity index (χ1v) is 7.90. The normalized spacial score (nSPS) is 21.9. The number of nitrogens with zero attached hydrogens (tertiary/aromatic N) is 1. The third-order valence-corrected chi connectivity index (χ3v) is 4.51. The van der Waals surface area contributed by atoms with E-state index in [4.69, 9.17) is 4.74 Å². The Morgan fingerprint density at radius 3 is 3.00 bits per heavy atom. The van der Waals surface area contributed by atoms with Crippen molar-refractivity contribution < 1.29 is 9.84 Å². The van der Waals surface area contributed by atoms with Crippen molar-refractivity contribution in [3.8, 4) is 0 Å². The number of ether oxygens (including phenoxy) is 1. The fraction of sp³-hybridized carbons (Fsp3) is 0.600. The predicted octanol–water partition coefficient (Wildman–Crippen LogP) is 1.79. The molecule has 0 aliphatic carbocycles. The van der Waals surface area contributed by atoms with Gasteiger partial charge in [0.05, 0.1) is 19.3 Å². The van der Waals surface area contributed by atoms with Crippen molar-refractivity contribution in [1.82, 2.24) is 10.2 Å². The number of rotatable bonds is 6. The zero-order valence-electron chi connectivity index (χ0n) is 11.9. The molecule has 0 amide bonds. The lowest BCUT2D eigenvalue weighted by Gasteiger charge is -2.33. The standard InChI is InChI=1S/C15H23BrN2O2/c1-17-15(13-4-2-3-5-14(13)16)6-7-18-8-9-20-12(10-18)11-19/h2-5,12,15,17,19H,6-11H2,1H3. The van der Waals surface area contributed by atoms with Gasteiger partial charge in [-0.3, -0.25) is 4.90 Å². The zero-order chi connectivity index (χ0) is 14.4. The van der Waals surface area contributed by atoms with Gasteiger partial charge in [0.1, 0.15) is 0 Å². The van der Waals surface area contributed by atoms with Gasteiger partial charge in [0, 0.05) is 30.1 Å². The molecule has 112 valence electrons. The highest BCUT2D eigenvalue weighted by Crippen LogP contribution is 2.25. The Morgan fingerprint density at radius 1 is 1.50 bits per heavy atom. The molecule has 0 bridgehead atoms. The van der Waals surface area contributed by atoms with Crippen LogP contribution in [0.4, 0.5) is 0 Å². The van der Waals surface area contributed by atoms with E-state index >= 15 is 0 Å². The monoisotopic (exact) mass is 342 g/mol. The van der Waals surface area contributed by atoms with E-state index in [1.165, 1.54) is 5.56 Å². The molecule has 1 fully saturated rings. The van der Waals surface area contributed by atoms with Gasteiger partial charge >= 0.3 is 0 Å². The van der Waals surface area contributed by atoms with Crippen LogP contribution in [0.25, 0.3) is 0 Å². The van der Waals surface area contributed by atoms with Crippen LogP contribution in [0, 0.1) is 0 Å². The third-order valence-electron chi connectivity index (χ3n) is 3.79. The molecule has 0 aromatic heterocycles. The van der Waals surface area contributed by atoms with Gasteiger partial charge in [-0.2, -0.15) is 0 Å². The van der Waals surface area contributed by atoms with Gasteiger partial charge in [0.2, 0.25) is 0 Å². The first-order valence-electron chi connectivity index (χ1n) is 7.11. The Bertz CT molecular complexity index is 417. The van der Waals surface area contributed by atoms with Crippen molar-refractivity contribution in [2.75, 3.05) is 39.9 Å². The Kier molecular flexibility index (Phi) is 6.45. The topological polar surface area (TPSA) is 44.7 Å². The van der Waals surface area contributed by atoms with Crippen LogP contribution < -0.4 is 5.32 Å². The summed E-state index contributed by atoms with van der Waals surface area (Å²) in [6.45, 7) is 3.60. The van der Waals surface area contributed by atoms with Crippen molar-refractivity contribution >= 4 is 15.9 Å². The highest BCUT2D eigenvalue weighted by atomic mass is 79.9. The van der Waals surface area contributed by atoms with Gasteiger partial charge in [0.15, 0.2) is 0 Å². The molecular weight excluding hydrogens is 320 g/mol. The van der Waals surface area contributed by atoms with Crippen molar-refractivity contribution in [3.05, 3.63) is 34.3 Å². The lowest BCUT2D eigenvalue weighted by molar-refractivity contribution is -0.0533. The van der Waals surface area contributed by atoms with Gasteiger partial charge in [0.25, 0.3) is 0 Å². The molecule has 4 nitrogen and oxygen atoms in total. The number of hydrogen-bond donors (Lipinski definition) is 2. The van der Waals surface area contributed by atoms with Crippen LogP contribution in [0.3, 0.4) is 0 Å². The Hall–Kier alpha value is -0.460. The zero-order valence-corrected chi connectivity index (χ0v) is 13.5. The van der Waals surface area contributed by atoms with E-state index in [2.05, 4.69) is 44.3 Å². The molecular formula is C15H23BrN2O2. The van der Waals surface area contributed by atoms with Crippen LogP contribution in [0.2, 0.25) is 0 Å². The molecule has 1 aromatic rings. The van der Waals surface area contributed by atoms with Gasteiger partial charge in [-0.15, -0.1) is 0 Å². The lowest BCUT2D eigenvalue weighted by atomic mass is 10.0. The van der Waals surface area contributed by atoms with E-state index in [0.717, 1.165) is 30.5 Å². The molecule has 5 heteroatoms. The summed E-state index contributed by atoms with van der Waals surface area (Å²) in [6.07, 6.45) is 1.01. The first kappa shape index (κ1) is 15.9. The molecule has 0 spiro atoms. The summed E-state index contributed by atoms with van der Waals surface area (Å²) < 4.78 is 6.63. The molecule has 0 radical (unpaired) electrons. The summed E-state index contributed by atoms with van der Waals surface area (Å²) in [5, 5.41) is 12.6. The maximum atomic E-state index is 9.18. The Balaban J connectivity index is 1.89. The Morgan fingerprint density at radius 2 is 2.30 bits per heavy atom. The predicted molar refractivity (Wildman–Crippen MR) is 83.8 cm³/mol. The summed E-state index contributed by atoms with van der Waals surface area (Å²) in [5.74, 6) is 0. The molecule has 1 aliphatic heterocycles. The molecule has 1 aromatic carbocycles. The number of hydrogen-bond acceptors (Lipinski definition) is 4. The summed E-state index contributed by atoms with van der Waals surface area (Å²) >= 11 is 3.62. The van der Waals surface area contributed by atoms with Crippen molar-refractivity contribution in [3.63, 3.8) is 0 Å². The maximum Gasteiger partial charge on any atom is 0.0932 e. The van der Waals surface area contributed by atoms with Gasteiger partial charge in [-0.1, -0.05) is 34.1 Å². The molecule has 1 saturated heterocycles. The summed E-state index contributed by atoms with van der Waals surface area (Å²) in [5.41, 5.74) is 1.29. The lowest BCUT2D eigenvalue weighted by Crippen LogP contribution is -2.44. The average Bonchev–Trinajstić information content (AvgIpc) is 2.49. The smallest absolute Gasteiger partial charge is 0.0932 e. The maximum absolute atomic E-state index is 9.18. The van der Waals surface area contributed by atoms with Crippen LogP contribution in [0.15, 0.2) is 28.7 Å². The number of halogens is 1. The highest BCUT2D eigenvalue weighted by molar-refractivity contribution is 9.10. The second-order valence-corrected chi connectivity index (χ2v) is 5.98. The quantitative estimate of drug-likeness (QED) is 0.827. The van der Waals surface area contributed by atoms with Gasteiger partial charge < -0.3 is 15.2 Å². The van der Waals surface area contributed by atoms with E-state index in [0.29, 0.717) is 12.6 Å². The fourth-order valence-electron chi connectivity index (χ4n) is 2.62. The minimum Gasteiger partial charge on any atom is -0.394 e. The number of aliphatic hydroxyl groups is 1. The van der Waals surface area contributed by atoms with E-state index < -0.39 is 0 Å². The van der Waals surface area contributed by atoms with Gasteiger partial charge in [-0.05, 0) is 25.1 Å². The highest BCUT2D eigenvalue weighted by Gasteiger charge is 2.21. The minimum atomic E-state index is -0.0275. The van der Waals surface area contributed by atoms with Crippen molar-refractivity contribution in [1.29, 1.82) is 0 Å². The average molecular weight is 343 g/mol. The van der Waals surface area contributed by atoms with E-state index in [1.54, 1.807) is 0 Å². The fourth-order valence-corrected chi connectivity index (χ4v) is 3.18. The SMILES string of the molecule is CNC(CCN1CCOC(CO)C1)c1ccccc1Br. The number of morpholine rings is 1. The molecule has 2 atom stereocenters. The molecule has 2 rings (SSSR count).